The average molecular weight is 449 g/mol. The summed E-state index contributed by atoms with van der Waals surface area (Å²) in [5.41, 5.74) is 2.39. The quantitative estimate of drug-likeness (QED) is 0.647. The van der Waals surface area contributed by atoms with Gasteiger partial charge in [0.1, 0.15) is 17.6 Å². The zero-order valence-electron chi connectivity index (χ0n) is 18.7. The van der Waals surface area contributed by atoms with Crippen LogP contribution in [0.25, 0.3) is 0 Å². The number of piperidine rings is 1. The highest BCUT2D eigenvalue weighted by atomic mass is 16.5. The number of amides is 2. The van der Waals surface area contributed by atoms with E-state index in [1.165, 1.54) is 0 Å². The monoisotopic (exact) mass is 448 g/mol. The van der Waals surface area contributed by atoms with Crippen LogP contribution in [0.15, 0.2) is 53.2 Å². The van der Waals surface area contributed by atoms with E-state index in [1.54, 1.807) is 11.2 Å². The predicted octanol–water partition coefficient (Wildman–Crippen LogP) is 3.22. The number of hydrogen-bond acceptors (Lipinski definition) is 5. The van der Waals surface area contributed by atoms with Crippen molar-refractivity contribution in [3.05, 3.63) is 77.3 Å². The largest absolute Gasteiger partial charge is 0.465 e. The Bertz CT molecular complexity index is 1130. The predicted molar refractivity (Wildman–Crippen MR) is 120 cm³/mol. The fourth-order valence-corrected chi connectivity index (χ4v) is 4.57. The molecule has 0 saturated carbocycles. The molecule has 8 nitrogen and oxygen atoms in total. The maximum absolute atomic E-state index is 13.2. The number of nitrogens with zero attached hydrogens (tertiary/aromatic N) is 3. The normalized spacial score (nSPS) is 18.7. The number of benzene rings is 1. The van der Waals surface area contributed by atoms with E-state index >= 15 is 0 Å². The second-order valence-electron chi connectivity index (χ2n) is 8.70. The van der Waals surface area contributed by atoms with Crippen LogP contribution in [0.4, 0.5) is 0 Å². The number of imidazole rings is 1. The van der Waals surface area contributed by atoms with Gasteiger partial charge in [-0.3, -0.25) is 9.59 Å². The highest BCUT2D eigenvalue weighted by Gasteiger charge is 2.32. The Morgan fingerprint density at radius 1 is 1.12 bits per heavy atom. The fourth-order valence-electron chi connectivity index (χ4n) is 4.57. The van der Waals surface area contributed by atoms with E-state index in [0.29, 0.717) is 51.3 Å². The van der Waals surface area contributed by atoms with Gasteiger partial charge in [0.25, 0.3) is 5.91 Å². The molecule has 1 fully saturated rings. The van der Waals surface area contributed by atoms with Crippen molar-refractivity contribution in [3.8, 4) is 0 Å². The van der Waals surface area contributed by atoms with Gasteiger partial charge in [0.15, 0.2) is 5.69 Å². The number of ether oxygens (including phenoxy) is 1. The van der Waals surface area contributed by atoms with Crippen LogP contribution in [0.2, 0.25) is 0 Å². The van der Waals surface area contributed by atoms with Crippen LogP contribution in [-0.2, 0) is 29.2 Å². The van der Waals surface area contributed by atoms with Gasteiger partial charge in [-0.05, 0) is 37.5 Å². The lowest BCUT2D eigenvalue weighted by Crippen LogP contribution is -2.43. The van der Waals surface area contributed by atoms with E-state index < -0.39 is 0 Å². The second-order valence-corrected chi connectivity index (χ2v) is 8.70. The van der Waals surface area contributed by atoms with Crippen LogP contribution in [0.3, 0.4) is 0 Å². The summed E-state index contributed by atoms with van der Waals surface area (Å²) in [5.74, 6) is 1.39. The van der Waals surface area contributed by atoms with E-state index in [2.05, 4.69) is 22.4 Å². The van der Waals surface area contributed by atoms with Crippen LogP contribution in [0.1, 0.15) is 52.2 Å². The first-order chi connectivity index (χ1) is 16.1. The number of likely N-dealkylation sites (tertiary alicyclic amines) is 1. The van der Waals surface area contributed by atoms with Gasteiger partial charge >= 0.3 is 0 Å². The summed E-state index contributed by atoms with van der Waals surface area (Å²) in [7, 11) is 0. The zero-order chi connectivity index (χ0) is 22.8. The smallest absolute Gasteiger partial charge is 0.274 e. The molecule has 8 heteroatoms. The molecule has 5 rings (SSSR count). The molecular formula is C25H28N4O4. The summed E-state index contributed by atoms with van der Waals surface area (Å²) in [6.45, 7) is 4.33. The number of hydrogen-bond donors (Lipinski definition) is 1. The summed E-state index contributed by atoms with van der Waals surface area (Å²) in [4.78, 5) is 31.9. The average Bonchev–Trinajstić information content (AvgIpc) is 3.48. The molecule has 0 unspecified atom stereocenters. The van der Waals surface area contributed by atoms with Crippen LogP contribution in [0.5, 0.6) is 0 Å². The summed E-state index contributed by atoms with van der Waals surface area (Å²) in [5, 5.41) is 2.94. The SMILES string of the molecule is Cc1ccc(CNC(=O)C2CCN(C(=O)c3ncn4c3CO[C@H](c3ccccc3)C4)CC2)o1. The number of rotatable bonds is 5. The lowest BCUT2D eigenvalue weighted by atomic mass is 9.95. The van der Waals surface area contributed by atoms with Gasteiger partial charge in [-0.25, -0.2) is 4.98 Å². The van der Waals surface area contributed by atoms with Gasteiger partial charge in [0.2, 0.25) is 5.91 Å². The van der Waals surface area contributed by atoms with Crippen molar-refractivity contribution in [2.45, 2.75) is 45.6 Å². The van der Waals surface area contributed by atoms with Gasteiger partial charge < -0.3 is 23.9 Å². The molecule has 2 amide bonds. The molecule has 1 aromatic carbocycles. The third-order valence-corrected chi connectivity index (χ3v) is 6.49. The molecule has 1 atom stereocenters. The molecule has 172 valence electrons. The van der Waals surface area contributed by atoms with Gasteiger partial charge in [-0.2, -0.15) is 0 Å². The van der Waals surface area contributed by atoms with Crippen LogP contribution in [-0.4, -0.2) is 39.4 Å². The van der Waals surface area contributed by atoms with Crippen molar-refractivity contribution in [3.63, 3.8) is 0 Å². The molecule has 4 heterocycles. The number of aromatic nitrogens is 2. The van der Waals surface area contributed by atoms with Crippen molar-refractivity contribution < 1.29 is 18.7 Å². The van der Waals surface area contributed by atoms with Gasteiger partial charge in [0, 0.05) is 19.0 Å². The van der Waals surface area contributed by atoms with Crippen LogP contribution >= 0.6 is 0 Å². The van der Waals surface area contributed by atoms with E-state index in [9.17, 15) is 9.59 Å². The molecule has 0 aliphatic carbocycles. The molecule has 1 N–H and O–H groups in total. The van der Waals surface area contributed by atoms with Gasteiger partial charge in [0.05, 0.1) is 31.7 Å². The summed E-state index contributed by atoms with van der Waals surface area (Å²) in [6, 6.07) is 13.8. The maximum Gasteiger partial charge on any atom is 0.274 e. The molecule has 33 heavy (non-hydrogen) atoms. The lowest BCUT2D eigenvalue weighted by molar-refractivity contribution is -0.126. The minimum Gasteiger partial charge on any atom is -0.465 e. The number of nitrogens with one attached hydrogen (secondary N) is 1. The van der Waals surface area contributed by atoms with Gasteiger partial charge in [-0.15, -0.1) is 0 Å². The third-order valence-electron chi connectivity index (χ3n) is 6.49. The molecule has 2 aliphatic heterocycles. The highest BCUT2D eigenvalue weighted by molar-refractivity contribution is 5.93. The Labute approximate surface area is 192 Å². The molecule has 2 aliphatic rings. The number of carbonyl (C=O) groups is 2. The van der Waals surface area contributed by atoms with Crippen LogP contribution in [0, 0.1) is 12.8 Å². The standard InChI is InChI=1S/C25H28N4O4/c1-17-7-8-20(33-17)13-26-24(30)19-9-11-28(12-10-19)25(31)23-21-15-32-22(14-29(21)16-27-23)18-5-3-2-4-6-18/h2-8,16,19,22H,9-15H2,1H3,(H,26,30)/t22-/m0/s1. The van der Waals surface area contributed by atoms with Gasteiger partial charge in [-0.1, -0.05) is 30.3 Å². The molecule has 0 spiro atoms. The topological polar surface area (TPSA) is 89.6 Å². The summed E-state index contributed by atoms with van der Waals surface area (Å²) >= 11 is 0. The van der Waals surface area contributed by atoms with Crippen LogP contribution < -0.4 is 5.32 Å². The number of carbonyl (C=O) groups excluding carboxylic acids is 2. The molecule has 3 aromatic rings. The second kappa shape index (κ2) is 9.23. The van der Waals surface area contributed by atoms with Crippen molar-refractivity contribution in [1.82, 2.24) is 19.8 Å². The first-order valence-corrected chi connectivity index (χ1v) is 11.4. The molecular weight excluding hydrogens is 420 g/mol. The highest BCUT2D eigenvalue weighted by Crippen LogP contribution is 2.28. The number of furan rings is 1. The van der Waals surface area contributed by atoms with E-state index in [-0.39, 0.29) is 23.8 Å². The van der Waals surface area contributed by atoms with Crippen molar-refractivity contribution in [1.29, 1.82) is 0 Å². The lowest BCUT2D eigenvalue weighted by Gasteiger charge is -2.31. The molecule has 0 radical (unpaired) electrons. The third kappa shape index (κ3) is 4.57. The van der Waals surface area contributed by atoms with E-state index in [1.807, 2.05) is 41.8 Å². The van der Waals surface area contributed by atoms with E-state index in [4.69, 9.17) is 9.15 Å². The Morgan fingerprint density at radius 2 is 1.91 bits per heavy atom. The molecule has 0 bridgehead atoms. The van der Waals surface area contributed by atoms with Crippen molar-refractivity contribution in [2.75, 3.05) is 13.1 Å². The van der Waals surface area contributed by atoms with Crippen molar-refractivity contribution in [2.24, 2.45) is 5.92 Å². The van der Waals surface area contributed by atoms with Crippen molar-refractivity contribution >= 4 is 11.8 Å². The Morgan fingerprint density at radius 3 is 2.64 bits per heavy atom. The zero-order valence-corrected chi connectivity index (χ0v) is 18.7. The molecule has 2 aromatic heterocycles. The molecule has 1 saturated heterocycles. The van der Waals surface area contributed by atoms with E-state index in [0.717, 1.165) is 22.8 Å². The first-order valence-electron chi connectivity index (χ1n) is 11.4. The minimum atomic E-state index is -0.101. The minimum absolute atomic E-state index is 0.0101. The number of fused-ring (bicyclic) bond motifs is 1. The Hall–Kier alpha value is -3.39. The Kier molecular flexibility index (Phi) is 6.00. The Balaban J connectivity index is 1.16. The fraction of sp³-hybridized carbons (Fsp3) is 0.400. The summed E-state index contributed by atoms with van der Waals surface area (Å²) in [6.07, 6.45) is 2.96. The first kappa shape index (κ1) is 21.5. The summed E-state index contributed by atoms with van der Waals surface area (Å²) < 4.78 is 13.6. The number of aryl methyl sites for hydroxylation is 1. The maximum atomic E-state index is 13.2.